The van der Waals surface area contributed by atoms with Crippen molar-refractivity contribution in [2.24, 2.45) is 5.92 Å². The van der Waals surface area contributed by atoms with Gasteiger partial charge in [0.25, 0.3) is 0 Å². The molecule has 2 N–H and O–H groups in total. The maximum absolute atomic E-state index is 12.1. The van der Waals surface area contributed by atoms with E-state index in [0.29, 0.717) is 19.1 Å². The van der Waals surface area contributed by atoms with E-state index < -0.39 is 0 Å². The molecule has 1 fully saturated rings. The van der Waals surface area contributed by atoms with Gasteiger partial charge in [0.1, 0.15) is 11.5 Å². The molecule has 0 radical (unpaired) electrons. The first kappa shape index (κ1) is 18.9. The number of rotatable bonds is 7. The van der Waals surface area contributed by atoms with E-state index in [1.165, 1.54) is 5.69 Å². The Morgan fingerprint density at radius 2 is 1.81 bits per heavy atom. The van der Waals surface area contributed by atoms with Gasteiger partial charge in [0.15, 0.2) is 0 Å². The zero-order valence-corrected chi connectivity index (χ0v) is 15.9. The number of hydrogen-bond acceptors (Lipinski definition) is 4. The molecule has 2 aromatic rings. The highest BCUT2D eigenvalue weighted by molar-refractivity contribution is 5.89. The number of carbonyl (C=O) groups excluding carboxylic acids is 1. The molecule has 6 nitrogen and oxygen atoms in total. The van der Waals surface area contributed by atoms with Crippen LogP contribution < -0.4 is 25.0 Å². The van der Waals surface area contributed by atoms with Crippen LogP contribution in [0.4, 0.5) is 16.2 Å². The van der Waals surface area contributed by atoms with Crippen molar-refractivity contribution in [2.45, 2.75) is 13.3 Å². The molecule has 0 aromatic heterocycles. The van der Waals surface area contributed by atoms with E-state index in [0.717, 1.165) is 36.7 Å². The van der Waals surface area contributed by atoms with Gasteiger partial charge in [0, 0.05) is 31.0 Å². The number of nitrogens with zero attached hydrogens (tertiary/aromatic N) is 1. The van der Waals surface area contributed by atoms with Gasteiger partial charge in [0.2, 0.25) is 0 Å². The first-order valence-corrected chi connectivity index (χ1v) is 9.34. The number of ether oxygens (including phenoxy) is 2. The van der Waals surface area contributed by atoms with Gasteiger partial charge in [-0.05, 0) is 67.8 Å². The summed E-state index contributed by atoms with van der Waals surface area (Å²) in [5.41, 5.74) is 1.94. The summed E-state index contributed by atoms with van der Waals surface area (Å²) in [5, 5.41) is 5.83. The monoisotopic (exact) mass is 369 g/mol. The molecule has 6 heteroatoms. The molecule has 1 aliphatic rings. The van der Waals surface area contributed by atoms with Gasteiger partial charge in [-0.3, -0.25) is 0 Å². The van der Waals surface area contributed by atoms with E-state index >= 15 is 0 Å². The Balaban J connectivity index is 1.42. The minimum absolute atomic E-state index is 0.179. The van der Waals surface area contributed by atoms with Gasteiger partial charge < -0.3 is 25.0 Å². The van der Waals surface area contributed by atoms with Crippen molar-refractivity contribution in [1.82, 2.24) is 5.32 Å². The maximum atomic E-state index is 12.1. The van der Waals surface area contributed by atoms with Crippen LogP contribution in [-0.2, 0) is 0 Å². The second-order valence-electron chi connectivity index (χ2n) is 6.59. The quantitative estimate of drug-likeness (QED) is 0.780. The zero-order valence-electron chi connectivity index (χ0n) is 15.9. The lowest BCUT2D eigenvalue weighted by Gasteiger charge is -2.19. The number of carbonyl (C=O) groups is 1. The number of amides is 2. The Kier molecular flexibility index (Phi) is 6.41. The molecule has 27 heavy (non-hydrogen) atoms. The van der Waals surface area contributed by atoms with Crippen LogP contribution in [0.3, 0.4) is 0 Å². The highest BCUT2D eigenvalue weighted by atomic mass is 16.5. The zero-order chi connectivity index (χ0) is 19.1. The Bertz CT molecular complexity index is 731. The van der Waals surface area contributed by atoms with Crippen molar-refractivity contribution in [3.63, 3.8) is 0 Å². The summed E-state index contributed by atoms with van der Waals surface area (Å²) < 4.78 is 10.6. The van der Waals surface area contributed by atoms with Gasteiger partial charge >= 0.3 is 6.03 Å². The molecule has 2 amide bonds. The van der Waals surface area contributed by atoms with Gasteiger partial charge in [-0.2, -0.15) is 0 Å². The lowest BCUT2D eigenvalue weighted by atomic mass is 10.1. The third-order valence-electron chi connectivity index (χ3n) is 4.70. The van der Waals surface area contributed by atoms with E-state index in [9.17, 15) is 4.79 Å². The molecule has 0 bridgehead atoms. The third kappa shape index (κ3) is 5.29. The predicted molar refractivity (Wildman–Crippen MR) is 108 cm³/mol. The van der Waals surface area contributed by atoms with Crippen LogP contribution in [0.2, 0.25) is 0 Å². The third-order valence-corrected chi connectivity index (χ3v) is 4.70. The smallest absolute Gasteiger partial charge is 0.319 e. The molecule has 144 valence electrons. The molecule has 1 saturated heterocycles. The Morgan fingerprint density at radius 1 is 1.11 bits per heavy atom. The summed E-state index contributed by atoms with van der Waals surface area (Å²) in [5.74, 6) is 2.10. The van der Waals surface area contributed by atoms with Crippen molar-refractivity contribution in [3.8, 4) is 11.5 Å². The van der Waals surface area contributed by atoms with Crippen LogP contribution in [-0.4, -0.2) is 39.4 Å². The van der Waals surface area contributed by atoms with Gasteiger partial charge in [-0.1, -0.05) is 0 Å². The molecule has 1 heterocycles. The summed E-state index contributed by atoms with van der Waals surface area (Å²) in [4.78, 5) is 14.5. The highest BCUT2D eigenvalue weighted by Gasteiger charge is 2.23. The van der Waals surface area contributed by atoms with Crippen molar-refractivity contribution < 1.29 is 14.3 Å². The number of nitrogens with one attached hydrogen (secondary N) is 2. The van der Waals surface area contributed by atoms with Gasteiger partial charge in [0.05, 0.1) is 13.7 Å². The SMILES string of the molecule is CCOc1ccc(NC(=O)NC[C@H]2CCN(c3ccc(OC)cc3)C2)cc1. The van der Waals surface area contributed by atoms with Crippen LogP contribution >= 0.6 is 0 Å². The summed E-state index contributed by atoms with van der Waals surface area (Å²) in [6.07, 6.45) is 1.06. The van der Waals surface area contributed by atoms with Crippen LogP contribution in [0.15, 0.2) is 48.5 Å². The molecule has 1 aliphatic heterocycles. The second-order valence-corrected chi connectivity index (χ2v) is 6.59. The van der Waals surface area contributed by atoms with Crippen molar-refractivity contribution in [1.29, 1.82) is 0 Å². The van der Waals surface area contributed by atoms with E-state index in [1.807, 2.05) is 43.3 Å². The lowest BCUT2D eigenvalue weighted by molar-refractivity contribution is 0.250. The van der Waals surface area contributed by atoms with Crippen LogP contribution in [0.25, 0.3) is 0 Å². The Hall–Kier alpha value is -2.89. The van der Waals surface area contributed by atoms with Gasteiger partial charge in [-0.15, -0.1) is 0 Å². The molecule has 2 aromatic carbocycles. The van der Waals surface area contributed by atoms with E-state index in [1.54, 1.807) is 7.11 Å². The second kappa shape index (κ2) is 9.16. The van der Waals surface area contributed by atoms with Crippen molar-refractivity contribution in [2.75, 3.05) is 43.6 Å². The maximum Gasteiger partial charge on any atom is 0.319 e. The van der Waals surface area contributed by atoms with E-state index in [4.69, 9.17) is 9.47 Å². The molecular formula is C21H27N3O3. The predicted octanol–water partition coefficient (Wildman–Crippen LogP) is 3.74. The standard InChI is InChI=1S/C21H27N3O3/c1-3-27-20-8-4-17(5-9-20)23-21(25)22-14-16-12-13-24(15-16)18-6-10-19(26-2)11-7-18/h4-11,16H,3,12-15H2,1-2H3,(H2,22,23,25)/t16-/m1/s1. The summed E-state index contributed by atoms with van der Waals surface area (Å²) in [7, 11) is 1.67. The molecule has 0 aliphatic carbocycles. The normalized spacial score (nSPS) is 16.1. The summed E-state index contributed by atoms with van der Waals surface area (Å²) in [6, 6.07) is 15.3. The van der Waals surface area contributed by atoms with Crippen LogP contribution in [0, 0.1) is 5.92 Å². The van der Waals surface area contributed by atoms with Crippen molar-refractivity contribution in [3.05, 3.63) is 48.5 Å². The molecule has 1 atom stereocenters. The van der Waals surface area contributed by atoms with Crippen LogP contribution in [0.5, 0.6) is 11.5 Å². The number of benzene rings is 2. The average molecular weight is 369 g/mol. The minimum atomic E-state index is -0.179. The lowest BCUT2D eigenvalue weighted by Crippen LogP contribution is -2.34. The van der Waals surface area contributed by atoms with Gasteiger partial charge in [-0.25, -0.2) is 4.79 Å². The molecule has 0 unspecified atom stereocenters. The number of hydrogen-bond donors (Lipinski definition) is 2. The fourth-order valence-electron chi connectivity index (χ4n) is 3.24. The fraction of sp³-hybridized carbons (Fsp3) is 0.381. The molecule has 0 saturated carbocycles. The number of methoxy groups -OCH3 is 1. The highest BCUT2D eigenvalue weighted by Crippen LogP contribution is 2.25. The van der Waals surface area contributed by atoms with E-state index in [2.05, 4.69) is 27.7 Å². The molecular weight excluding hydrogens is 342 g/mol. The average Bonchev–Trinajstić information content (AvgIpc) is 3.17. The fourth-order valence-corrected chi connectivity index (χ4v) is 3.24. The number of urea groups is 1. The summed E-state index contributed by atoms with van der Waals surface area (Å²) in [6.45, 7) is 5.17. The molecule has 3 rings (SSSR count). The first-order chi connectivity index (χ1) is 13.2. The van der Waals surface area contributed by atoms with Crippen molar-refractivity contribution >= 4 is 17.4 Å². The van der Waals surface area contributed by atoms with E-state index in [-0.39, 0.29) is 6.03 Å². The topological polar surface area (TPSA) is 62.8 Å². The molecule has 0 spiro atoms. The number of anilines is 2. The first-order valence-electron chi connectivity index (χ1n) is 9.34. The largest absolute Gasteiger partial charge is 0.497 e. The Labute approximate surface area is 160 Å². The van der Waals surface area contributed by atoms with Crippen LogP contribution in [0.1, 0.15) is 13.3 Å². The minimum Gasteiger partial charge on any atom is -0.497 e. The Morgan fingerprint density at radius 3 is 2.48 bits per heavy atom. The summed E-state index contributed by atoms with van der Waals surface area (Å²) >= 11 is 0.